The molecule has 102 valence electrons. The van der Waals surface area contributed by atoms with Crippen molar-refractivity contribution >= 4 is 18.3 Å². The Labute approximate surface area is 112 Å². The topological polar surface area (TPSA) is 41.1 Å². The van der Waals surface area contributed by atoms with E-state index in [4.69, 9.17) is 0 Å². The van der Waals surface area contributed by atoms with Gasteiger partial charge in [-0.25, -0.2) is 0 Å². The van der Waals surface area contributed by atoms with Gasteiger partial charge in [-0.15, -0.1) is 12.4 Å². The van der Waals surface area contributed by atoms with Gasteiger partial charge in [-0.3, -0.25) is 4.79 Å². The van der Waals surface area contributed by atoms with Crippen molar-refractivity contribution in [3.05, 3.63) is 0 Å². The van der Waals surface area contributed by atoms with Crippen molar-refractivity contribution in [2.45, 2.75) is 45.4 Å². The molecule has 0 spiro atoms. The van der Waals surface area contributed by atoms with E-state index in [0.717, 1.165) is 31.3 Å². The minimum Gasteiger partial charge on any atom is -0.356 e. The predicted octanol–water partition coefficient (Wildman–Crippen LogP) is 2.35. The summed E-state index contributed by atoms with van der Waals surface area (Å²) in [5.41, 5.74) is 0. The fraction of sp³-hybridized carbons (Fsp3) is 0.923. The SMILES string of the molecule is CNCCCC(=O)NCC1CCCC(C)C1.Cl. The summed E-state index contributed by atoms with van der Waals surface area (Å²) in [6.07, 6.45) is 6.87. The molecule has 0 aromatic heterocycles. The molecule has 17 heavy (non-hydrogen) atoms. The maximum atomic E-state index is 11.5. The molecule has 0 aromatic rings. The third-order valence-electron chi connectivity index (χ3n) is 3.46. The smallest absolute Gasteiger partial charge is 0.220 e. The molecule has 2 atom stereocenters. The number of carbonyl (C=O) groups excluding carboxylic acids is 1. The average Bonchev–Trinajstić information content (AvgIpc) is 2.27. The summed E-state index contributed by atoms with van der Waals surface area (Å²) in [6.45, 7) is 4.14. The van der Waals surface area contributed by atoms with Crippen LogP contribution in [0.15, 0.2) is 0 Å². The summed E-state index contributed by atoms with van der Waals surface area (Å²) in [6, 6.07) is 0. The van der Waals surface area contributed by atoms with Crippen LogP contribution in [0.3, 0.4) is 0 Å². The zero-order chi connectivity index (χ0) is 11.8. The molecular formula is C13H27ClN2O. The zero-order valence-electron chi connectivity index (χ0n) is 11.1. The van der Waals surface area contributed by atoms with Gasteiger partial charge in [0.1, 0.15) is 0 Å². The molecular weight excluding hydrogens is 236 g/mol. The first-order valence-corrected chi connectivity index (χ1v) is 6.63. The van der Waals surface area contributed by atoms with E-state index < -0.39 is 0 Å². The van der Waals surface area contributed by atoms with Gasteiger partial charge >= 0.3 is 0 Å². The molecule has 0 aliphatic heterocycles. The van der Waals surface area contributed by atoms with Crippen LogP contribution in [-0.2, 0) is 4.79 Å². The molecule has 0 saturated heterocycles. The summed E-state index contributed by atoms with van der Waals surface area (Å²) in [4.78, 5) is 11.5. The van der Waals surface area contributed by atoms with Gasteiger partial charge in [0, 0.05) is 13.0 Å². The van der Waals surface area contributed by atoms with E-state index >= 15 is 0 Å². The number of rotatable bonds is 6. The number of halogens is 1. The first-order valence-electron chi connectivity index (χ1n) is 6.63. The Bertz CT molecular complexity index is 212. The van der Waals surface area contributed by atoms with Crippen LogP contribution in [-0.4, -0.2) is 26.0 Å². The van der Waals surface area contributed by atoms with Gasteiger partial charge in [-0.1, -0.05) is 19.8 Å². The minimum atomic E-state index is 0. The van der Waals surface area contributed by atoms with Gasteiger partial charge in [0.05, 0.1) is 0 Å². The summed E-state index contributed by atoms with van der Waals surface area (Å²) in [7, 11) is 1.92. The molecule has 3 nitrogen and oxygen atoms in total. The number of amides is 1. The van der Waals surface area contributed by atoms with Crippen molar-refractivity contribution in [3.63, 3.8) is 0 Å². The van der Waals surface area contributed by atoms with Crippen LogP contribution in [0.4, 0.5) is 0 Å². The van der Waals surface area contributed by atoms with Crippen LogP contribution < -0.4 is 10.6 Å². The molecule has 0 heterocycles. The summed E-state index contributed by atoms with van der Waals surface area (Å²) in [5.74, 6) is 1.78. The van der Waals surface area contributed by atoms with Crippen molar-refractivity contribution in [2.24, 2.45) is 11.8 Å². The molecule has 0 aromatic carbocycles. The van der Waals surface area contributed by atoms with Crippen LogP contribution in [0.1, 0.15) is 45.4 Å². The third kappa shape index (κ3) is 7.61. The van der Waals surface area contributed by atoms with E-state index in [1.807, 2.05) is 7.05 Å². The highest BCUT2D eigenvalue weighted by Crippen LogP contribution is 2.27. The second-order valence-electron chi connectivity index (χ2n) is 5.15. The van der Waals surface area contributed by atoms with Gasteiger partial charge in [0.2, 0.25) is 5.91 Å². The van der Waals surface area contributed by atoms with Crippen LogP contribution >= 0.6 is 12.4 Å². The van der Waals surface area contributed by atoms with Gasteiger partial charge in [0.25, 0.3) is 0 Å². The van der Waals surface area contributed by atoms with E-state index in [2.05, 4.69) is 17.6 Å². The standard InChI is InChI=1S/C13H26N2O.ClH/c1-11-5-3-6-12(9-11)10-15-13(16)7-4-8-14-2;/h11-12,14H,3-10H2,1-2H3,(H,15,16);1H. The summed E-state index contributed by atoms with van der Waals surface area (Å²) < 4.78 is 0. The second kappa shape index (κ2) is 9.72. The Balaban J connectivity index is 0.00000256. The van der Waals surface area contributed by atoms with Crippen molar-refractivity contribution < 1.29 is 4.79 Å². The van der Waals surface area contributed by atoms with E-state index in [1.54, 1.807) is 0 Å². The predicted molar refractivity (Wildman–Crippen MR) is 74.5 cm³/mol. The van der Waals surface area contributed by atoms with Crippen LogP contribution in [0.2, 0.25) is 0 Å². The summed E-state index contributed by atoms with van der Waals surface area (Å²) >= 11 is 0. The Morgan fingerprint density at radius 3 is 2.76 bits per heavy atom. The molecule has 1 rings (SSSR count). The quantitative estimate of drug-likeness (QED) is 0.722. The zero-order valence-corrected chi connectivity index (χ0v) is 11.9. The fourth-order valence-corrected chi connectivity index (χ4v) is 2.52. The first-order chi connectivity index (χ1) is 7.72. The Kier molecular flexibility index (Phi) is 9.56. The van der Waals surface area contributed by atoms with Gasteiger partial charge < -0.3 is 10.6 Å². The molecule has 0 bridgehead atoms. The fourth-order valence-electron chi connectivity index (χ4n) is 2.52. The molecule has 1 amide bonds. The largest absolute Gasteiger partial charge is 0.356 e. The van der Waals surface area contributed by atoms with Gasteiger partial charge in [-0.05, 0) is 44.7 Å². The Morgan fingerprint density at radius 1 is 1.35 bits per heavy atom. The summed E-state index contributed by atoms with van der Waals surface area (Å²) in [5, 5.41) is 6.12. The minimum absolute atomic E-state index is 0. The lowest BCUT2D eigenvalue weighted by molar-refractivity contribution is -0.121. The van der Waals surface area contributed by atoms with E-state index in [1.165, 1.54) is 25.7 Å². The van der Waals surface area contributed by atoms with Crippen molar-refractivity contribution in [1.29, 1.82) is 0 Å². The number of hydrogen-bond donors (Lipinski definition) is 2. The molecule has 0 radical (unpaired) electrons. The first kappa shape index (κ1) is 16.7. The van der Waals surface area contributed by atoms with E-state index in [0.29, 0.717) is 6.42 Å². The van der Waals surface area contributed by atoms with Crippen molar-refractivity contribution in [2.75, 3.05) is 20.1 Å². The highest BCUT2D eigenvalue weighted by Gasteiger charge is 2.18. The van der Waals surface area contributed by atoms with E-state index in [-0.39, 0.29) is 18.3 Å². The molecule has 1 aliphatic rings. The number of nitrogens with one attached hydrogen (secondary N) is 2. The third-order valence-corrected chi connectivity index (χ3v) is 3.46. The van der Waals surface area contributed by atoms with Crippen molar-refractivity contribution in [3.8, 4) is 0 Å². The lowest BCUT2D eigenvalue weighted by atomic mass is 9.82. The molecule has 1 fully saturated rings. The Hall–Kier alpha value is -0.280. The lowest BCUT2D eigenvalue weighted by Gasteiger charge is -2.26. The van der Waals surface area contributed by atoms with Gasteiger partial charge in [-0.2, -0.15) is 0 Å². The second-order valence-corrected chi connectivity index (χ2v) is 5.15. The van der Waals surface area contributed by atoms with Crippen molar-refractivity contribution in [1.82, 2.24) is 10.6 Å². The maximum absolute atomic E-state index is 11.5. The van der Waals surface area contributed by atoms with Crippen LogP contribution in [0.25, 0.3) is 0 Å². The highest BCUT2D eigenvalue weighted by molar-refractivity contribution is 5.85. The molecule has 2 N–H and O–H groups in total. The van der Waals surface area contributed by atoms with Crippen LogP contribution in [0.5, 0.6) is 0 Å². The average molecular weight is 263 g/mol. The van der Waals surface area contributed by atoms with Crippen LogP contribution in [0, 0.1) is 11.8 Å². The Morgan fingerprint density at radius 2 is 2.12 bits per heavy atom. The lowest BCUT2D eigenvalue weighted by Crippen LogP contribution is -2.31. The normalized spacial score (nSPS) is 23.9. The maximum Gasteiger partial charge on any atom is 0.220 e. The number of hydrogen-bond acceptors (Lipinski definition) is 2. The molecule has 1 saturated carbocycles. The molecule has 4 heteroatoms. The molecule has 1 aliphatic carbocycles. The molecule has 2 unspecified atom stereocenters. The highest BCUT2D eigenvalue weighted by atomic mass is 35.5. The van der Waals surface area contributed by atoms with E-state index in [9.17, 15) is 4.79 Å². The van der Waals surface area contributed by atoms with Gasteiger partial charge in [0.15, 0.2) is 0 Å². The number of carbonyl (C=O) groups is 1. The monoisotopic (exact) mass is 262 g/mol.